The first-order valence-electron chi connectivity index (χ1n) is 9.01. The molecule has 1 aliphatic rings. The summed E-state index contributed by atoms with van der Waals surface area (Å²) in [7, 11) is 0. The average Bonchev–Trinajstić information content (AvgIpc) is 3.03. The van der Waals surface area contributed by atoms with Crippen LogP contribution < -0.4 is 0 Å². The lowest BCUT2D eigenvalue weighted by Gasteiger charge is -2.23. The van der Waals surface area contributed by atoms with Crippen LogP contribution in [0.2, 0.25) is 0 Å². The Hall–Kier alpha value is -2.57. The molecule has 6 nitrogen and oxygen atoms in total. The number of benzene rings is 1. The smallest absolute Gasteiger partial charge is 0.115 e. The molecule has 4 rings (SSSR count). The number of hydrogen-bond donors (Lipinski definition) is 1. The molecule has 3 aromatic rings. The van der Waals surface area contributed by atoms with Gasteiger partial charge in [-0.3, -0.25) is 10.00 Å². The van der Waals surface area contributed by atoms with Gasteiger partial charge in [0.05, 0.1) is 25.1 Å². The molecule has 0 aliphatic carbocycles. The predicted octanol–water partition coefficient (Wildman–Crippen LogP) is 2.56. The van der Waals surface area contributed by atoms with Gasteiger partial charge < -0.3 is 4.74 Å². The Morgan fingerprint density at radius 2 is 2.12 bits per heavy atom. The maximum Gasteiger partial charge on any atom is 0.115 e. The Morgan fingerprint density at radius 1 is 1.19 bits per heavy atom. The monoisotopic (exact) mass is 349 g/mol. The van der Waals surface area contributed by atoms with Crippen molar-refractivity contribution in [3.63, 3.8) is 0 Å². The quantitative estimate of drug-likeness (QED) is 0.767. The fourth-order valence-corrected chi connectivity index (χ4v) is 3.48. The van der Waals surface area contributed by atoms with Gasteiger partial charge in [-0.25, -0.2) is 9.97 Å². The second kappa shape index (κ2) is 8.21. The van der Waals surface area contributed by atoms with E-state index in [0.29, 0.717) is 5.92 Å². The molecule has 0 spiro atoms. The van der Waals surface area contributed by atoms with Gasteiger partial charge in [-0.15, -0.1) is 0 Å². The van der Waals surface area contributed by atoms with Crippen molar-refractivity contribution in [2.45, 2.75) is 13.0 Å². The standard InChI is InChI=1S/C20H23N5O/c1-2-4-17(5-3-1)20-18(11-23-24-20)13-25-8-9-26-14-16(12-25)10-19-6-7-21-15-22-19/h1-7,11,15-16H,8-10,12-14H2,(H,23,24)/t16-/m1/s1. The highest BCUT2D eigenvalue weighted by Crippen LogP contribution is 2.23. The molecule has 134 valence electrons. The molecule has 0 unspecified atom stereocenters. The Kier molecular flexibility index (Phi) is 5.33. The molecule has 0 radical (unpaired) electrons. The molecule has 1 N–H and O–H groups in total. The number of aromatic nitrogens is 4. The Balaban J connectivity index is 1.45. The molecule has 0 amide bonds. The summed E-state index contributed by atoms with van der Waals surface area (Å²) >= 11 is 0. The van der Waals surface area contributed by atoms with Gasteiger partial charge in [-0.2, -0.15) is 5.10 Å². The van der Waals surface area contributed by atoms with Crippen molar-refractivity contribution in [3.05, 3.63) is 66.4 Å². The van der Waals surface area contributed by atoms with E-state index in [0.717, 1.165) is 50.7 Å². The van der Waals surface area contributed by atoms with Crippen molar-refractivity contribution in [2.75, 3.05) is 26.3 Å². The molecule has 26 heavy (non-hydrogen) atoms. The molecular weight excluding hydrogens is 326 g/mol. The highest BCUT2D eigenvalue weighted by atomic mass is 16.5. The van der Waals surface area contributed by atoms with Gasteiger partial charge in [-0.05, 0) is 18.1 Å². The molecular formula is C20H23N5O. The summed E-state index contributed by atoms with van der Waals surface area (Å²) in [6.07, 6.45) is 6.26. The van der Waals surface area contributed by atoms with Gasteiger partial charge in [0.25, 0.3) is 0 Å². The van der Waals surface area contributed by atoms with Gasteiger partial charge in [-0.1, -0.05) is 30.3 Å². The van der Waals surface area contributed by atoms with Gasteiger partial charge in [0.2, 0.25) is 0 Å². The van der Waals surface area contributed by atoms with Crippen LogP contribution in [0.15, 0.2) is 55.1 Å². The SMILES string of the molecule is c1ccc(-c2[nH]ncc2CN2CCOC[C@H](Cc3ccncn3)C2)cc1. The second-order valence-electron chi connectivity index (χ2n) is 6.72. The van der Waals surface area contributed by atoms with Crippen molar-refractivity contribution in [1.29, 1.82) is 0 Å². The lowest BCUT2D eigenvalue weighted by atomic mass is 10.0. The summed E-state index contributed by atoms with van der Waals surface area (Å²) in [4.78, 5) is 10.8. The van der Waals surface area contributed by atoms with E-state index in [1.807, 2.05) is 18.3 Å². The molecule has 6 heteroatoms. The number of H-pyrrole nitrogens is 1. The van der Waals surface area contributed by atoms with Crippen LogP contribution in [0.1, 0.15) is 11.3 Å². The summed E-state index contributed by atoms with van der Waals surface area (Å²) < 4.78 is 5.84. The third-order valence-corrected chi connectivity index (χ3v) is 4.74. The van der Waals surface area contributed by atoms with Gasteiger partial charge in [0, 0.05) is 43.0 Å². The molecule has 1 aliphatic heterocycles. The normalized spacial score (nSPS) is 18.5. The fourth-order valence-electron chi connectivity index (χ4n) is 3.48. The molecule has 1 atom stereocenters. The summed E-state index contributed by atoms with van der Waals surface area (Å²) in [5.74, 6) is 0.430. The van der Waals surface area contributed by atoms with Crippen LogP contribution in [-0.4, -0.2) is 51.4 Å². The number of rotatable bonds is 5. The summed E-state index contributed by atoms with van der Waals surface area (Å²) in [5, 5.41) is 7.43. The molecule has 1 fully saturated rings. The Bertz CT molecular complexity index is 805. The topological polar surface area (TPSA) is 66.9 Å². The van der Waals surface area contributed by atoms with E-state index in [-0.39, 0.29) is 0 Å². The van der Waals surface area contributed by atoms with Gasteiger partial charge >= 0.3 is 0 Å². The first-order chi connectivity index (χ1) is 12.9. The largest absolute Gasteiger partial charge is 0.380 e. The van der Waals surface area contributed by atoms with E-state index in [2.05, 4.69) is 49.3 Å². The van der Waals surface area contributed by atoms with Crippen LogP contribution in [0.4, 0.5) is 0 Å². The second-order valence-corrected chi connectivity index (χ2v) is 6.72. The third kappa shape index (κ3) is 4.15. The lowest BCUT2D eigenvalue weighted by Crippen LogP contribution is -2.30. The van der Waals surface area contributed by atoms with Crippen molar-refractivity contribution in [2.24, 2.45) is 5.92 Å². The molecule has 3 heterocycles. The maximum atomic E-state index is 5.84. The Labute approximate surface area is 153 Å². The van der Waals surface area contributed by atoms with E-state index < -0.39 is 0 Å². The van der Waals surface area contributed by atoms with E-state index in [1.165, 1.54) is 11.1 Å². The summed E-state index contributed by atoms with van der Waals surface area (Å²) in [6, 6.07) is 12.3. The number of aromatic amines is 1. The number of nitrogens with one attached hydrogen (secondary N) is 1. The van der Waals surface area contributed by atoms with E-state index in [4.69, 9.17) is 4.74 Å². The van der Waals surface area contributed by atoms with Crippen molar-refractivity contribution < 1.29 is 4.74 Å². The number of hydrogen-bond acceptors (Lipinski definition) is 5. The summed E-state index contributed by atoms with van der Waals surface area (Å²) in [6.45, 7) is 4.32. The van der Waals surface area contributed by atoms with Crippen LogP contribution in [0.5, 0.6) is 0 Å². The number of ether oxygens (including phenoxy) is 1. The fraction of sp³-hybridized carbons (Fsp3) is 0.350. The first kappa shape index (κ1) is 16.9. The van der Waals surface area contributed by atoms with Crippen LogP contribution >= 0.6 is 0 Å². The zero-order valence-electron chi connectivity index (χ0n) is 14.7. The van der Waals surface area contributed by atoms with Crippen molar-refractivity contribution >= 4 is 0 Å². The Morgan fingerprint density at radius 3 is 2.96 bits per heavy atom. The highest BCUT2D eigenvalue weighted by molar-refractivity contribution is 5.62. The highest BCUT2D eigenvalue weighted by Gasteiger charge is 2.21. The number of nitrogens with zero attached hydrogens (tertiary/aromatic N) is 4. The summed E-state index contributed by atoms with van der Waals surface area (Å²) in [5.41, 5.74) is 4.56. The van der Waals surface area contributed by atoms with E-state index in [1.54, 1.807) is 12.5 Å². The molecule has 2 aromatic heterocycles. The lowest BCUT2D eigenvalue weighted by molar-refractivity contribution is 0.121. The molecule has 0 saturated carbocycles. The minimum absolute atomic E-state index is 0.430. The van der Waals surface area contributed by atoms with Crippen LogP contribution in [-0.2, 0) is 17.7 Å². The maximum absolute atomic E-state index is 5.84. The van der Waals surface area contributed by atoms with Crippen LogP contribution in [0.3, 0.4) is 0 Å². The molecule has 1 aromatic carbocycles. The van der Waals surface area contributed by atoms with Crippen molar-refractivity contribution in [1.82, 2.24) is 25.1 Å². The van der Waals surface area contributed by atoms with Gasteiger partial charge in [0.1, 0.15) is 6.33 Å². The van der Waals surface area contributed by atoms with Crippen LogP contribution in [0.25, 0.3) is 11.3 Å². The van der Waals surface area contributed by atoms with Gasteiger partial charge in [0.15, 0.2) is 0 Å². The minimum atomic E-state index is 0.430. The minimum Gasteiger partial charge on any atom is -0.380 e. The van der Waals surface area contributed by atoms with Crippen molar-refractivity contribution in [3.8, 4) is 11.3 Å². The van der Waals surface area contributed by atoms with Crippen LogP contribution in [0, 0.1) is 5.92 Å². The average molecular weight is 349 g/mol. The third-order valence-electron chi connectivity index (χ3n) is 4.74. The zero-order valence-corrected chi connectivity index (χ0v) is 14.7. The predicted molar refractivity (Wildman–Crippen MR) is 99.3 cm³/mol. The van der Waals surface area contributed by atoms with E-state index in [9.17, 15) is 0 Å². The van der Waals surface area contributed by atoms with E-state index >= 15 is 0 Å². The molecule has 0 bridgehead atoms. The zero-order chi connectivity index (χ0) is 17.6. The first-order valence-corrected chi connectivity index (χ1v) is 9.01. The molecule has 1 saturated heterocycles.